The Morgan fingerprint density at radius 2 is 2.18 bits per heavy atom. The lowest BCUT2D eigenvalue weighted by molar-refractivity contribution is 0.243. The lowest BCUT2D eigenvalue weighted by Crippen LogP contribution is -2.38. The van der Waals surface area contributed by atoms with E-state index in [1.807, 2.05) is 18.2 Å². The van der Waals surface area contributed by atoms with Crippen molar-refractivity contribution >= 4 is 5.69 Å². The van der Waals surface area contributed by atoms with Crippen LogP contribution >= 0.6 is 0 Å². The molecule has 1 heterocycles. The van der Waals surface area contributed by atoms with E-state index in [4.69, 9.17) is 4.74 Å². The second-order valence-corrected chi connectivity index (χ2v) is 4.85. The summed E-state index contributed by atoms with van der Waals surface area (Å²) in [4.78, 5) is 0. The fraction of sp³-hybridized carbons (Fsp3) is 0.571. The minimum absolute atomic E-state index is 0.211. The van der Waals surface area contributed by atoms with Crippen LogP contribution in [0.3, 0.4) is 0 Å². The number of benzene rings is 1. The molecule has 3 nitrogen and oxygen atoms in total. The Bertz CT molecular complexity index is 346. The van der Waals surface area contributed by atoms with Gasteiger partial charge in [-0.1, -0.05) is 12.1 Å². The number of hydrogen-bond acceptors (Lipinski definition) is 3. The number of ether oxygens (including phenoxy) is 1. The Balaban J connectivity index is 2.03. The van der Waals surface area contributed by atoms with Crippen molar-refractivity contribution in [1.82, 2.24) is 5.32 Å². The average Bonchev–Trinajstić information content (AvgIpc) is 2.32. The van der Waals surface area contributed by atoms with Crippen molar-refractivity contribution in [2.45, 2.75) is 38.8 Å². The fourth-order valence-corrected chi connectivity index (χ4v) is 2.14. The van der Waals surface area contributed by atoms with Crippen LogP contribution in [0, 0.1) is 0 Å². The molecule has 1 aromatic carbocycles. The molecule has 3 heteroatoms. The van der Waals surface area contributed by atoms with Gasteiger partial charge in [-0.15, -0.1) is 0 Å². The fourth-order valence-electron chi connectivity index (χ4n) is 2.14. The van der Waals surface area contributed by atoms with Crippen LogP contribution < -0.4 is 15.4 Å². The van der Waals surface area contributed by atoms with Gasteiger partial charge in [-0.2, -0.15) is 0 Å². The normalized spacial score (nSPS) is 20.3. The number of para-hydroxylation sites is 2. The molecule has 1 fully saturated rings. The molecular weight excluding hydrogens is 212 g/mol. The molecule has 1 atom stereocenters. The van der Waals surface area contributed by atoms with Gasteiger partial charge in [0.1, 0.15) is 5.75 Å². The van der Waals surface area contributed by atoms with Gasteiger partial charge in [0.05, 0.1) is 11.8 Å². The molecule has 94 valence electrons. The van der Waals surface area contributed by atoms with Crippen molar-refractivity contribution in [2.24, 2.45) is 0 Å². The van der Waals surface area contributed by atoms with E-state index in [-0.39, 0.29) is 6.10 Å². The topological polar surface area (TPSA) is 33.3 Å². The molecule has 1 aliphatic rings. The molecule has 0 saturated carbocycles. The van der Waals surface area contributed by atoms with E-state index in [1.165, 1.54) is 12.8 Å². The highest BCUT2D eigenvalue weighted by Crippen LogP contribution is 2.26. The minimum atomic E-state index is 0.211. The van der Waals surface area contributed by atoms with Crippen LogP contribution in [0.1, 0.15) is 26.7 Å². The Labute approximate surface area is 104 Å². The SMILES string of the molecule is CC(C)Oc1ccccc1NC1CCCNC1. The van der Waals surface area contributed by atoms with Crippen molar-refractivity contribution in [3.8, 4) is 5.75 Å². The molecule has 1 aliphatic heterocycles. The molecular formula is C14H22N2O. The monoisotopic (exact) mass is 234 g/mol. The first kappa shape index (κ1) is 12.2. The van der Waals surface area contributed by atoms with E-state index in [0.717, 1.165) is 24.5 Å². The summed E-state index contributed by atoms with van der Waals surface area (Å²) in [5.41, 5.74) is 1.11. The first-order valence-corrected chi connectivity index (χ1v) is 6.48. The van der Waals surface area contributed by atoms with E-state index in [0.29, 0.717) is 6.04 Å². The first-order chi connectivity index (χ1) is 8.25. The summed E-state index contributed by atoms with van der Waals surface area (Å²) in [5, 5.41) is 6.98. The molecule has 1 saturated heterocycles. The van der Waals surface area contributed by atoms with Crippen molar-refractivity contribution in [2.75, 3.05) is 18.4 Å². The second-order valence-electron chi connectivity index (χ2n) is 4.85. The predicted molar refractivity (Wildman–Crippen MR) is 71.7 cm³/mol. The van der Waals surface area contributed by atoms with Crippen LogP contribution in [-0.4, -0.2) is 25.2 Å². The third kappa shape index (κ3) is 3.63. The Kier molecular flexibility index (Phi) is 4.26. The van der Waals surface area contributed by atoms with Gasteiger partial charge in [-0.25, -0.2) is 0 Å². The van der Waals surface area contributed by atoms with Gasteiger partial charge in [0.25, 0.3) is 0 Å². The summed E-state index contributed by atoms with van der Waals surface area (Å²) in [5.74, 6) is 0.952. The maximum absolute atomic E-state index is 5.80. The summed E-state index contributed by atoms with van der Waals surface area (Å²) in [7, 11) is 0. The van der Waals surface area contributed by atoms with Crippen LogP contribution in [0.4, 0.5) is 5.69 Å². The van der Waals surface area contributed by atoms with Gasteiger partial charge in [0, 0.05) is 12.6 Å². The molecule has 2 rings (SSSR count). The van der Waals surface area contributed by atoms with Crippen LogP contribution in [0.25, 0.3) is 0 Å². The Hall–Kier alpha value is -1.22. The minimum Gasteiger partial charge on any atom is -0.489 e. The summed E-state index contributed by atoms with van der Waals surface area (Å²) in [6, 6.07) is 8.69. The summed E-state index contributed by atoms with van der Waals surface area (Å²) in [6.45, 7) is 6.29. The maximum atomic E-state index is 5.80. The molecule has 0 aromatic heterocycles. The molecule has 0 amide bonds. The number of piperidine rings is 1. The number of anilines is 1. The third-order valence-corrected chi connectivity index (χ3v) is 2.91. The molecule has 17 heavy (non-hydrogen) atoms. The van der Waals surface area contributed by atoms with E-state index < -0.39 is 0 Å². The highest BCUT2D eigenvalue weighted by Gasteiger charge is 2.14. The van der Waals surface area contributed by atoms with E-state index in [1.54, 1.807) is 0 Å². The quantitative estimate of drug-likeness (QED) is 0.840. The zero-order chi connectivity index (χ0) is 12.1. The standard InChI is InChI=1S/C14H22N2O/c1-11(2)17-14-8-4-3-7-13(14)16-12-6-5-9-15-10-12/h3-4,7-8,11-12,15-16H,5-6,9-10H2,1-2H3. The van der Waals surface area contributed by atoms with Crippen molar-refractivity contribution < 1.29 is 4.74 Å². The number of hydrogen-bond donors (Lipinski definition) is 2. The highest BCUT2D eigenvalue weighted by atomic mass is 16.5. The Morgan fingerprint density at radius 3 is 2.88 bits per heavy atom. The predicted octanol–water partition coefficient (Wildman–Crippen LogP) is 2.64. The van der Waals surface area contributed by atoms with Gasteiger partial charge >= 0.3 is 0 Å². The summed E-state index contributed by atoms with van der Waals surface area (Å²) < 4.78 is 5.80. The maximum Gasteiger partial charge on any atom is 0.142 e. The van der Waals surface area contributed by atoms with E-state index >= 15 is 0 Å². The molecule has 0 spiro atoms. The summed E-state index contributed by atoms with van der Waals surface area (Å²) in [6.07, 6.45) is 2.68. The smallest absolute Gasteiger partial charge is 0.142 e. The lowest BCUT2D eigenvalue weighted by atomic mass is 10.1. The molecule has 0 radical (unpaired) electrons. The second kappa shape index (κ2) is 5.92. The van der Waals surface area contributed by atoms with Crippen LogP contribution in [0.15, 0.2) is 24.3 Å². The largest absolute Gasteiger partial charge is 0.489 e. The molecule has 0 aliphatic carbocycles. The molecule has 1 unspecified atom stereocenters. The van der Waals surface area contributed by atoms with Crippen LogP contribution in [0.5, 0.6) is 5.75 Å². The summed E-state index contributed by atoms with van der Waals surface area (Å²) >= 11 is 0. The number of rotatable bonds is 4. The van der Waals surface area contributed by atoms with Crippen molar-refractivity contribution in [3.63, 3.8) is 0 Å². The number of nitrogens with one attached hydrogen (secondary N) is 2. The average molecular weight is 234 g/mol. The van der Waals surface area contributed by atoms with Gasteiger partial charge in [-0.05, 0) is 45.4 Å². The Morgan fingerprint density at radius 1 is 1.35 bits per heavy atom. The van der Waals surface area contributed by atoms with Gasteiger partial charge in [0.2, 0.25) is 0 Å². The zero-order valence-electron chi connectivity index (χ0n) is 10.7. The molecule has 1 aromatic rings. The molecule has 0 bridgehead atoms. The van der Waals surface area contributed by atoms with E-state index in [2.05, 4.69) is 30.5 Å². The molecule has 2 N–H and O–H groups in total. The van der Waals surface area contributed by atoms with Crippen molar-refractivity contribution in [1.29, 1.82) is 0 Å². The first-order valence-electron chi connectivity index (χ1n) is 6.48. The third-order valence-electron chi connectivity index (χ3n) is 2.91. The van der Waals surface area contributed by atoms with Gasteiger partial charge in [-0.3, -0.25) is 0 Å². The van der Waals surface area contributed by atoms with Crippen LogP contribution in [0.2, 0.25) is 0 Å². The van der Waals surface area contributed by atoms with E-state index in [9.17, 15) is 0 Å². The van der Waals surface area contributed by atoms with Gasteiger partial charge in [0.15, 0.2) is 0 Å². The highest BCUT2D eigenvalue weighted by molar-refractivity contribution is 5.56. The lowest BCUT2D eigenvalue weighted by Gasteiger charge is -2.26. The van der Waals surface area contributed by atoms with Crippen molar-refractivity contribution in [3.05, 3.63) is 24.3 Å². The van der Waals surface area contributed by atoms with Crippen LogP contribution in [-0.2, 0) is 0 Å². The van der Waals surface area contributed by atoms with Gasteiger partial charge < -0.3 is 15.4 Å². The zero-order valence-corrected chi connectivity index (χ0v) is 10.7.